The first-order chi connectivity index (χ1) is 13.4. The maximum atomic E-state index is 12.5. The Morgan fingerprint density at radius 3 is 2.03 bits per heavy atom. The molecule has 0 aliphatic carbocycles. The Morgan fingerprint density at radius 2 is 1.59 bits per heavy atom. The summed E-state index contributed by atoms with van der Waals surface area (Å²) in [7, 11) is 0.524. The molecule has 10 heteroatoms. The van der Waals surface area contributed by atoms with Crippen LogP contribution in [0.3, 0.4) is 0 Å². The Hall–Kier alpha value is -2.22. The summed E-state index contributed by atoms with van der Waals surface area (Å²) in [6.07, 6.45) is -0.316. The molecular formula is C19H28NO8P. The van der Waals surface area contributed by atoms with Crippen molar-refractivity contribution in [1.29, 1.82) is 0 Å². The van der Waals surface area contributed by atoms with Crippen LogP contribution < -0.4 is 5.32 Å². The summed E-state index contributed by atoms with van der Waals surface area (Å²) in [5.74, 6) is -1.97. The number of esters is 2. The molecule has 0 aromatic heterocycles. The molecule has 1 atom stereocenters. The lowest BCUT2D eigenvalue weighted by Crippen LogP contribution is -2.43. The van der Waals surface area contributed by atoms with Crippen molar-refractivity contribution in [3.05, 3.63) is 35.4 Å². The number of benzene rings is 1. The van der Waals surface area contributed by atoms with E-state index in [2.05, 4.69) is 10.1 Å². The summed E-state index contributed by atoms with van der Waals surface area (Å²) in [6.45, 7) is 5.10. The second-order valence-corrected chi connectivity index (χ2v) is 9.44. The van der Waals surface area contributed by atoms with Gasteiger partial charge in [0.2, 0.25) is 0 Å². The predicted molar refractivity (Wildman–Crippen MR) is 106 cm³/mol. The summed E-state index contributed by atoms with van der Waals surface area (Å²) >= 11 is 0. The van der Waals surface area contributed by atoms with Gasteiger partial charge >= 0.3 is 19.5 Å². The Morgan fingerprint density at radius 1 is 1.03 bits per heavy atom. The zero-order chi connectivity index (χ0) is 22.2. The first kappa shape index (κ1) is 24.8. The fraction of sp³-hybridized carbons (Fsp3) is 0.526. The standard InChI is InChI=1S/C19H28NO8P/c1-19(2,3)28-16(21)11-15(18(23)25-4)20-17(22)14-9-7-13(8-10-14)12-29(24,26-5)27-6/h7-10,15H,11-12H2,1-6H3,(H,20,22)/t15-/m1/s1. The molecule has 0 fully saturated rings. The fourth-order valence-electron chi connectivity index (χ4n) is 2.32. The summed E-state index contributed by atoms with van der Waals surface area (Å²) < 4.78 is 31.8. The van der Waals surface area contributed by atoms with Crippen LogP contribution in [0.25, 0.3) is 0 Å². The lowest BCUT2D eigenvalue weighted by Gasteiger charge is -2.22. The molecular weight excluding hydrogens is 401 g/mol. The number of nitrogens with one attached hydrogen (secondary N) is 1. The van der Waals surface area contributed by atoms with Crippen LogP contribution in [0.4, 0.5) is 0 Å². The van der Waals surface area contributed by atoms with Gasteiger partial charge in [-0.3, -0.25) is 14.2 Å². The highest BCUT2D eigenvalue weighted by molar-refractivity contribution is 7.52. The zero-order valence-electron chi connectivity index (χ0n) is 17.5. The van der Waals surface area contributed by atoms with Crippen molar-refractivity contribution in [1.82, 2.24) is 5.32 Å². The van der Waals surface area contributed by atoms with Crippen LogP contribution in [0.15, 0.2) is 24.3 Å². The first-order valence-corrected chi connectivity index (χ1v) is 10.6. The number of carbonyl (C=O) groups is 3. The zero-order valence-corrected chi connectivity index (χ0v) is 18.4. The van der Waals surface area contributed by atoms with E-state index in [9.17, 15) is 18.9 Å². The first-order valence-electron chi connectivity index (χ1n) is 8.83. The molecule has 0 bridgehead atoms. The molecule has 0 spiro atoms. The number of hydrogen-bond donors (Lipinski definition) is 1. The summed E-state index contributed by atoms with van der Waals surface area (Å²) in [5, 5.41) is 2.47. The molecule has 0 aliphatic heterocycles. The summed E-state index contributed by atoms with van der Waals surface area (Å²) in [5.41, 5.74) is 0.171. The molecule has 0 heterocycles. The molecule has 0 radical (unpaired) electrons. The number of amides is 1. The molecule has 0 saturated carbocycles. The average molecular weight is 429 g/mol. The highest BCUT2D eigenvalue weighted by Gasteiger charge is 2.28. The van der Waals surface area contributed by atoms with E-state index < -0.39 is 37.1 Å². The molecule has 0 unspecified atom stereocenters. The number of ether oxygens (including phenoxy) is 2. The van der Waals surface area contributed by atoms with E-state index >= 15 is 0 Å². The van der Waals surface area contributed by atoms with E-state index in [4.69, 9.17) is 13.8 Å². The smallest absolute Gasteiger partial charge is 0.334 e. The third-order valence-electron chi connectivity index (χ3n) is 3.73. The molecule has 9 nitrogen and oxygen atoms in total. The van der Waals surface area contributed by atoms with Crippen LogP contribution in [-0.4, -0.2) is 50.8 Å². The van der Waals surface area contributed by atoms with E-state index in [0.29, 0.717) is 5.56 Å². The van der Waals surface area contributed by atoms with Crippen LogP contribution in [0.2, 0.25) is 0 Å². The van der Waals surface area contributed by atoms with Gasteiger partial charge in [-0.05, 0) is 38.5 Å². The van der Waals surface area contributed by atoms with Gasteiger partial charge in [0.1, 0.15) is 11.6 Å². The van der Waals surface area contributed by atoms with Crippen LogP contribution >= 0.6 is 7.60 Å². The van der Waals surface area contributed by atoms with Crippen molar-refractivity contribution in [2.75, 3.05) is 21.3 Å². The van der Waals surface area contributed by atoms with Gasteiger partial charge in [0.05, 0.1) is 19.7 Å². The van der Waals surface area contributed by atoms with Gasteiger partial charge in [0.15, 0.2) is 0 Å². The van der Waals surface area contributed by atoms with Gasteiger partial charge < -0.3 is 23.8 Å². The van der Waals surface area contributed by atoms with Gasteiger partial charge in [0, 0.05) is 19.8 Å². The summed E-state index contributed by atoms with van der Waals surface area (Å²) in [6, 6.07) is 5.01. The molecule has 1 rings (SSSR count). The number of rotatable bonds is 9. The fourth-order valence-corrected chi connectivity index (χ4v) is 3.38. The molecule has 162 valence electrons. The topological polar surface area (TPSA) is 117 Å². The van der Waals surface area contributed by atoms with Gasteiger partial charge in [-0.1, -0.05) is 12.1 Å². The monoisotopic (exact) mass is 429 g/mol. The molecule has 1 amide bonds. The second kappa shape index (κ2) is 10.5. The molecule has 1 N–H and O–H groups in total. The second-order valence-electron chi connectivity index (χ2n) is 7.17. The SMILES string of the molecule is COC(=O)[C@@H](CC(=O)OC(C)(C)C)NC(=O)c1ccc(CP(=O)(OC)OC)cc1. The van der Waals surface area contributed by atoms with Crippen molar-refractivity contribution in [2.45, 2.75) is 45.0 Å². The summed E-state index contributed by atoms with van der Waals surface area (Å²) in [4.78, 5) is 36.4. The number of hydrogen-bond acceptors (Lipinski definition) is 8. The molecule has 0 saturated heterocycles. The molecule has 1 aromatic carbocycles. The van der Waals surface area contributed by atoms with E-state index in [0.717, 1.165) is 7.11 Å². The van der Waals surface area contributed by atoms with Crippen LogP contribution in [0, 0.1) is 0 Å². The normalized spacial score (nSPS) is 12.8. The Kier molecular flexibility index (Phi) is 9.01. The minimum absolute atomic E-state index is 0.0470. The van der Waals surface area contributed by atoms with E-state index in [1.54, 1.807) is 32.9 Å². The molecule has 1 aromatic rings. The van der Waals surface area contributed by atoms with Gasteiger partial charge in [-0.2, -0.15) is 0 Å². The third-order valence-corrected chi connectivity index (χ3v) is 5.60. The van der Waals surface area contributed by atoms with Crippen molar-refractivity contribution >= 4 is 25.4 Å². The number of methoxy groups -OCH3 is 1. The third kappa shape index (κ3) is 8.35. The lowest BCUT2D eigenvalue weighted by molar-refractivity contribution is -0.158. The quantitative estimate of drug-likeness (QED) is 0.470. The predicted octanol–water partition coefficient (Wildman–Crippen LogP) is 2.68. The molecule has 0 aliphatic rings. The highest BCUT2D eigenvalue weighted by atomic mass is 31.2. The van der Waals surface area contributed by atoms with Crippen LogP contribution in [0.1, 0.15) is 43.1 Å². The van der Waals surface area contributed by atoms with Crippen molar-refractivity contribution in [3.63, 3.8) is 0 Å². The van der Waals surface area contributed by atoms with Gasteiger partial charge in [-0.25, -0.2) is 4.79 Å². The van der Waals surface area contributed by atoms with Crippen molar-refractivity contribution in [2.24, 2.45) is 0 Å². The Balaban J connectivity index is 2.85. The Labute approximate surface area is 170 Å². The van der Waals surface area contributed by atoms with Crippen molar-refractivity contribution in [3.8, 4) is 0 Å². The Bertz CT molecular complexity index is 761. The number of carbonyl (C=O) groups excluding carboxylic acids is 3. The van der Waals surface area contributed by atoms with E-state index in [1.807, 2.05) is 0 Å². The maximum absolute atomic E-state index is 12.5. The van der Waals surface area contributed by atoms with Crippen molar-refractivity contribution < 1.29 is 37.5 Å². The average Bonchev–Trinajstić information content (AvgIpc) is 2.65. The molecule has 29 heavy (non-hydrogen) atoms. The minimum Gasteiger partial charge on any atom is -0.467 e. The maximum Gasteiger partial charge on any atom is 0.334 e. The van der Waals surface area contributed by atoms with Crippen LogP contribution in [-0.2, 0) is 38.8 Å². The highest BCUT2D eigenvalue weighted by Crippen LogP contribution is 2.49. The lowest BCUT2D eigenvalue weighted by atomic mass is 10.1. The van der Waals surface area contributed by atoms with E-state index in [-0.39, 0.29) is 18.1 Å². The largest absolute Gasteiger partial charge is 0.467 e. The van der Waals surface area contributed by atoms with E-state index in [1.165, 1.54) is 26.4 Å². The van der Waals surface area contributed by atoms with Gasteiger partial charge in [-0.15, -0.1) is 0 Å². The minimum atomic E-state index is -3.23. The van der Waals surface area contributed by atoms with Crippen LogP contribution in [0.5, 0.6) is 0 Å². The van der Waals surface area contributed by atoms with Gasteiger partial charge in [0.25, 0.3) is 5.91 Å².